The molecule has 0 unspecified atom stereocenters. The van der Waals surface area contributed by atoms with Gasteiger partial charge in [0.2, 0.25) is 11.8 Å². The van der Waals surface area contributed by atoms with Crippen LogP contribution in [0.4, 0.5) is 0 Å². The molecule has 2 N–H and O–H groups in total. The second-order valence-corrected chi connectivity index (χ2v) is 2.92. The van der Waals surface area contributed by atoms with Crippen molar-refractivity contribution in [3.8, 4) is 11.8 Å². The molecule has 5 heteroatoms. The van der Waals surface area contributed by atoms with E-state index in [9.17, 15) is 5.11 Å². The lowest BCUT2D eigenvalue weighted by molar-refractivity contribution is 0.413. The first-order valence-electron chi connectivity index (χ1n) is 3.84. The van der Waals surface area contributed by atoms with Crippen LogP contribution in [-0.4, -0.2) is 24.8 Å². The van der Waals surface area contributed by atoms with Gasteiger partial charge in [0, 0.05) is 17.3 Å². The summed E-state index contributed by atoms with van der Waals surface area (Å²) in [6, 6.07) is 1.40. The molecule has 0 aliphatic rings. The van der Waals surface area contributed by atoms with Gasteiger partial charge in [0.15, 0.2) is 5.65 Å². The van der Waals surface area contributed by atoms with Crippen LogP contribution in [-0.2, 0) is 0 Å². The number of aromatic nitrogens is 3. The molecule has 0 aromatic carbocycles. The molecule has 0 saturated heterocycles. The van der Waals surface area contributed by atoms with Gasteiger partial charge in [-0.1, -0.05) is 0 Å². The van der Waals surface area contributed by atoms with Crippen molar-refractivity contribution in [3.05, 3.63) is 17.3 Å². The summed E-state index contributed by atoms with van der Waals surface area (Å²) in [4.78, 5) is 4.14. The summed E-state index contributed by atoms with van der Waals surface area (Å²) in [7, 11) is 0. The molecule has 68 valence electrons. The SMILES string of the molecule is Cc1nc2cc(O)nn2c(O)c1C. The molecule has 0 saturated carbocycles. The van der Waals surface area contributed by atoms with E-state index in [1.54, 1.807) is 13.8 Å². The largest absolute Gasteiger partial charge is 0.493 e. The molecule has 0 spiro atoms. The maximum absolute atomic E-state index is 9.60. The van der Waals surface area contributed by atoms with E-state index in [0.717, 1.165) is 5.69 Å². The molecule has 0 amide bonds. The first-order chi connectivity index (χ1) is 6.09. The Morgan fingerprint density at radius 2 is 2.00 bits per heavy atom. The first-order valence-corrected chi connectivity index (χ1v) is 3.84. The fourth-order valence-electron chi connectivity index (χ4n) is 1.17. The quantitative estimate of drug-likeness (QED) is 0.626. The molecule has 2 aromatic heterocycles. The van der Waals surface area contributed by atoms with Gasteiger partial charge in [0.1, 0.15) is 0 Å². The van der Waals surface area contributed by atoms with Crippen molar-refractivity contribution in [2.24, 2.45) is 0 Å². The van der Waals surface area contributed by atoms with Crippen molar-refractivity contribution in [2.45, 2.75) is 13.8 Å². The number of hydrogen-bond acceptors (Lipinski definition) is 4. The van der Waals surface area contributed by atoms with E-state index < -0.39 is 0 Å². The second-order valence-electron chi connectivity index (χ2n) is 2.92. The molecule has 0 bridgehead atoms. The van der Waals surface area contributed by atoms with Crippen molar-refractivity contribution in [2.75, 3.05) is 0 Å². The van der Waals surface area contributed by atoms with Crippen LogP contribution in [0, 0.1) is 13.8 Å². The molecule has 2 rings (SSSR count). The normalized spacial score (nSPS) is 10.9. The average Bonchev–Trinajstić information content (AvgIpc) is 2.42. The molecule has 0 aliphatic heterocycles. The smallest absolute Gasteiger partial charge is 0.233 e. The Balaban J connectivity index is 2.92. The standard InChI is InChI=1S/C8H9N3O2/c1-4-5(2)9-6-3-7(12)10-11(6)8(4)13/h3,13H,1-2H3,(H,10,12). The van der Waals surface area contributed by atoms with Gasteiger partial charge in [-0.25, -0.2) is 4.98 Å². The Bertz CT molecular complexity index is 476. The summed E-state index contributed by atoms with van der Waals surface area (Å²) >= 11 is 0. The topological polar surface area (TPSA) is 70.7 Å². The van der Waals surface area contributed by atoms with Crippen LogP contribution in [0.15, 0.2) is 6.07 Å². The fourth-order valence-corrected chi connectivity index (χ4v) is 1.17. The zero-order valence-electron chi connectivity index (χ0n) is 7.31. The second kappa shape index (κ2) is 2.35. The lowest BCUT2D eigenvalue weighted by Gasteiger charge is -2.03. The van der Waals surface area contributed by atoms with Gasteiger partial charge in [0.25, 0.3) is 0 Å². The van der Waals surface area contributed by atoms with Crippen molar-refractivity contribution in [1.29, 1.82) is 0 Å². The molecule has 2 heterocycles. The van der Waals surface area contributed by atoms with E-state index in [4.69, 9.17) is 5.11 Å². The fraction of sp³-hybridized carbons (Fsp3) is 0.250. The summed E-state index contributed by atoms with van der Waals surface area (Å²) < 4.78 is 1.21. The van der Waals surface area contributed by atoms with E-state index >= 15 is 0 Å². The van der Waals surface area contributed by atoms with Gasteiger partial charge in [-0.15, -0.1) is 5.10 Å². The predicted octanol–water partition coefficient (Wildman–Crippen LogP) is 0.757. The molecule has 0 fully saturated rings. The molecule has 5 nitrogen and oxygen atoms in total. The third-order valence-corrected chi connectivity index (χ3v) is 2.04. The summed E-state index contributed by atoms with van der Waals surface area (Å²) in [5.41, 5.74) is 1.83. The number of aromatic hydroxyl groups is 2. The van der Waals surface area contributed by atoms with Crippen LogP contribution in [0.2, 0.25) is 0 Å². The van der Waals surface area contributed by atoms with Gasteiger partial charge < -0.3 is 10.2 Å². The molecule has 0 radical (unpaired) electrons. The summed E-state index contributed by atoms with van der Waals surface area (Å²) in [5, 5.41) is 22.4. The van der Waals surface area contributed by atoms with Crippen LogP contribution >= 0.6 is 0 Å². The Morgan fingerprint density at radius 3 is 2.69 bits per heavy atom. The highest BCUT2D eigenvalue weighted by Crippen LogP contribution is 2.21. The third-order valence-electron chi connectivity index (χ3n) is 2.04. The Labute approximate surface area is 74.3 Å². The average molecular weight is 179 g/mol. The minimum Gasteiger partial charge on any atom is -0.493 e. The van der Waals surface area contributed by atoms with E-state index in [2.05, 4.69) is 10.1 Å². The Morgan fingerprint density at radius 1 is 1.31 bits per heavy atom. The zero-order valence-corrected chi connectivity index (χ0v) is 7.31. The minimum absolute atomic E-state index is 0.0165. The van der Waals surface area contributed by atoms with Crippen LogP contribution in [0.5, 0.6) is 11.8 Å². The van der Waals surface area contributed by atoms with Crippen LogP contribution in [0.3, 0.4) is 0 Å². The highest BCUT2D eigenvalue weighted by Gasteiger charge is 2.10. The van der Waals surface area contributed by atoms with E-state index in [1.807, 2.05) is 0 Å². The number of aryl methyl sites for hydroxylation is 1. The van der Waals surface area contributed by atoms with Gasteiger partial charge in [0.05, 0.1) is 0 Å². The number of hydrogen-bond donors (Lipinski definition) is 2. The monoisotopic (exact) mass is 179 g/mol. The van der Waals surface area contributed by atoms with E-state index in [1.165, 1.54) is 10.6 Å². The summed E-state index contributed by atoms with van der Waals surface area (Å²) in [5.74, 6) is -0.129. The minimum atomic E-state index is -0.146. The maximum Gasteiger partial charge on any atom is 0.233 e. The van der Waals surface area contributed by atoms with E-state index in [0.29, 0.717) is 11.2 Å². The molecule has 0 aliphatic carbocycles. The Kier molecular flexibility index (Phi) is 1.42. The van der Waals surface area contributed by atoms with E-state index in [-0.39, 0.29) is 11.8 Å². The van der Waals surface area contributed by atoms with Crippen LogP contribution in [0.1, 0.15) is 11.3 Å². The van der Waals surface area contributed by atoms with Crippen LogP contribution in [0.25, 0.3) is 5.65 Å². The maximum atomic E-state index is 9.60. The van der Waals surface area contributed by atoms with Gasteiger partial charge >= 0.3 is 0 Å². The lowest BCUT2D eigenvalue weighted by atomic mass is 10.2. The molecule has 2 aromatic rings. The zero-order chi connectivity index (χ0) is 9.59. The first kappa shape index (κ1) is 7.85. The molecular formula is C8H9N3O2. The highest BCUT2D eigenvalue weighted by molar-refractivity contribution is 5.47. The number of fused-ring (bicyclic) bond motifs is 1. The number of nitrogens with zero attached hydrogens (tertiary/aromatic N) is 3. The highest BCUT2D eigenvalue weighted by atomic mass is 16.3. The van der Waals surface area contributed by atoms with Crippen LogP contribution < -0.4 is 0 Å². The van der Waals surface area contributed by atoms with Gasteiger partial charge in [-0.2, -0.15) is 4.52 Å². The molecule has 13 heavy (non-hydrogen) atoms. The van der Waals surface area contributed by atoms with Gasteiger partial charge in [-0.3, -0.25) is 0 Å². The summed E-state index contributed by atoms with van der Waals surface area (Å²) in [6.45, 7) is 3.54. The lowest BCUT2D eigenvalue weighted by Crippen LogP contribution is -1.97. The van der Waals surface area contributed by atoms with Crippen molar-refractivity contribution >= 4 is 5.65 Å². The van der Waals surface area contributed by atoms with Crippen molar-refractivity contribution in [1.82, 2.24) is 14.6 Å². The van der Waals surface area contributed by atoms with Crippen molar-refractivity contribution < 1.29 is 10.2 Å². The van der Waals surface area contributed by atoms with Crippen molar-refractivity contribution in [3.63, 3.8) is 0 Å². The number of rotatable bonds is 0. The predicted molar refractivity (Wildman–Crippen MR) is 45.8 cm³/mol. The molecule has 0 atom stereocenters. The molecular weight excluding hydrogens is 170 g/mol. The van der Waals surface area contributed by atoms with Gasteiger partial charge in [-0.05, 0) is 13.8 Å². The Hall–Kier alpha value is -1.78. The summed E-state index contributed by atoms with van der Waals surface area (Å²) in [6.07, 6.45) is 0. The third kappa shape index (κ3) is 1.00.